The maximum Gasteiger partial charge on any atom is 0.250 e. The Bertz CT molecular complexity index is 1580. The Balaban J connectivity index is 1.65. The normalized spacial score (nSPS) is 20.0. The van der Waals surface area contributed by atoms with Gasteiger partial charge >= 0.3 is 0 Å². The molecule has 0 spiro atoms. The summed E-state index contributed by atoms with van der Waals surface area (Å²) in [6.07, 6.45) is 1.43. The van der Waals surface area contributed by atoms with E-state index in [4.69, 9.17) is 17.3 Å². The van der Waals surface area contributed by atoms with Gasteiger partial charge in [0.05, 0.1) is 32.8 Å². The molecule has 4 heterocycles. The van der Waals surface area contributed by atoms with Gasteiger partial charge in [-0.25, -0.2) is 18.2 Å². The fourth-order valence-electron chi connectivity index (χ4n) is 5.00. The fraction of sp³-hybridized carbons (Fsp3) is 0.261. The minimum atomic E-state index is -1.01. The summed E-state index contributed by atoms with van der Waals surface area (Å²) in [5, 5.41) is 3.61. The molecule has 3 N–H and O–H groups in total. The average molecular weight is 519 g/mol. The Hall–Kier alpha value is -3.15. The van der Waals surface area contributed by atoms with Crippen molar-refractivity contribution in [2.24, 2.45) is 0 Å². The monoisotopic (exact) mass is 518 g/mol. The minimum absolute atomic E-state index is 0.00523. The third-order valence-corrected chi connectivity index (χ3v) is 7.81. The van der Waals surface area contributed by atoms with Gasteiger partial charge in [-0.15, -0.1) is 0 Å². The number of nitrogens with one attached hydrogen (secondary N) is 1. The van der Waals surface area contributed by atoms with Crippen LogP contribution in [0, 0.1) is 17.5 Å². The number of nitrogen functional groups attached to an aromatic ring is 1. The van der Waals surface area contributed by atoms with Crippen LogP contribution >= 0.6 is 22.9 Å². The molecular formula is C23H18ClF3N6OS. The van der Waals surface area contributed by atoms with Crippen molar-refractivity contribution in [3.63, 3.8) is 0 Å². The SMILES string of the molecule is C[C@@H]1CN2c3c(cnc4c(F)c(-c5c(F)cc(F)c6sc(N)nc56)c(Cl)cc34)N(C)C(=O)[C@H]2CN1. The summed E-state index contributed by atoms with van der Waals surface area (Å²) in [5.41, 5.74) is 6.19. The zero-order chi connectivity index (χ0) is 24.8. The minimum Gasteiger partial charge on any atom is -0.375 e. The van der Waals surface area contributed by atoms with E-state index in [1.165, 1.54) is 17.2 Å². The molecule has 2 aromatic heterocycles. The van der Waals surface area contributed by atoms with Crippen molar-refractivity contribution in [1.82, 2.24) is 15.3 Å². The number of thiazole rings is 1. The van der Waals surface area contributed by atoms with E-state index in [2.05, 4.69) is 15.3 Å². The molecule has 1 fully saturated rings. The number of piperazine rings is 1. The number of benzene rings is 2. The second-order valence-electron chi connectivity index (χ2n) is 8.76. The second kappa shape index (κ2) is 7.67. The van der Waals surface area contributed by atoms with E-state index in [1.807, 2.05) is 11.8 Å². The maximum absolute atomic E-state index is 16.1. The van der Waals surface area contributed by atoms with Crippen molar-refractivity contribution >= 4 is 66.5 Å². The lowest BCUT2D eigenvalue weighted by molar-refractivity contribution is -0.120. The molecule has 0 radical (unpaired) electrons. The molecule has 2 aliphatic rings. The second-order valence-corrected chi connectivity index (χ2v) is 10.2. The van der Waals surface area contributed by atoms with Gasteiger partial charge < -0.3 is 20.9 Å². The van der Waals surface area contributed by atoms with Crippen LogP contribution in [0.4, 0.5) is 29.7 Å². The quantitative estimate of drug-likeness (QED) is 0.390. The molecule has 7 nitrogen and oxygen atoms in total. The summed E-state index contributed by atoms with van der Waals surface area (Å²) >= 11 is 7.42. The van der Waals surface area contributed by atoms with Gasteiger partial charge in [0.25, 0.3) is 5.91 Å². The largest absolute Gasteiger partial charge is 0.375 e. The van der Waals surface area contributed by atoms with Gasteiger partial charge in [-0.2, -0.15) is 0 Å². The summed E-state index contributed by atoms with van der Waals surface area (Å²) < 4.78 is 45.5. The van der Waals surface area contributed by atoms with Crippen LogP contribution in [0.5, 0.6) is 0 Å². The number of nitrogens with two attached hydrogens (primary N) is 1. The molecule has 6 rings (SSSR count). The zero-order valence-corrected chi connectivity index (χ0v) is 20.1. The predicted octanol–water partition coefficient (Wildman–Crippen LogP) is 4.31. The van der Waals surface area contributed by atoms with Crippen molar-refractivity contribution in [3.05, 3.63) is 40.8 Å². The molecule has 12 heteroatoms. The first-order chi connectivity index (χ1) is 16.7. The summed E-state index contributed by atoms with van der Waals surface area (Å²) in [5.74, 6) is -2.82. The van der Waals surface area contributed by atoms with Gasteiger partial charge in [0.1, 0.15) is 23.2 Å². The van der Waals surface area contributed by atoms with E-state index in [9.17, 15) is 9.18 Å². The smallest absolute Gasteiger partial charge is 0.250 e. The fourth-order valence-corrected chi connectivity index (χ4v) is 6.04. The molecule has 2 aliphatic heterocycles. The third-order valence-electron chi connectivity index (χ3n) is 6.62. The lowest BCUT2D eigenvalue weighted by Gasteiger charge is -2.46. The van der Waals surface area contributed by atoms with Crippen LogP contribution in [-0.4, -0.2) is 48.1 Å². The van der Waals surface area contributed by atoms with Crippen LogP contribution in [0.25, 0.3) is 32.2 Å². The van der Waals surface area contributed by atoms with Gasteiger partial charge in [0.2, 0.25) is 0 Å². The lowest BCUT2D eigenvalue weighted by atomic mass is 9.97. The number of amides is 1. The van der Waals surface area contributed by atoms with Crippen LogP contribution in [0.1, 0.15) is 6.92 Å². The van der Waals surface area contributed by atoms with Crippen LogP contribution < -0.4 is 20.9 Å². The van der Waals surface area contributed by atoms with E-state index in [0.29, 0.717) is 35.9 Å². The first-order valence-electron chi connectivity index (χ1n) is 10.8. The van der Waals surface area contributed by atoms with Crippen molar-refractivity contribution in [2.75, 3.05) is 35.7 Å². The zero-order valence-electron chi connectivity index (χ0n) is 18.5. The van der Waals surface area contributed by atoms with Crippen molar-refractivity contribution in [2.45, 2.75) is 19.0 Å². The summed E-state index contributed by atoms with van der Waals surface area (Å²) in [4.78, 5) is 24.7. The molecule has 180 valence electrons. The summed E-state index contributed by atoms with van der Waals surface area (Å²) in [6, 6.07) is 1.81. The highest BCUT2D eigenvalue weighted by Gasteiger charge is 2.41. The molecule has 4 aromatic rings. The molecule has 0 unspecified atom stereocenters. The van der Waals surface area contributed by atoms with Gasteiger partial charge in [-0.3, -0.25) is 9.78 Å². The highest BCUT2D eigenvalue weighted by Crippen LogP contribution is 2.47. The first-order valence-corrected chi connectivity index (χ1v) is 12.0. The van der Waals surface area contributed by atoms with E-state index in [1.54, 1.807) is 7.05 Å². The first kappa shape index (κ1) is 22.3. The Morgan fingerprint density at radius 3 is 2.74 bits per heavy atom. The number of carbonyl (C=O) groups excluding carboxylic acids is 1. The topological polar surface area (TPSA) is 87.4 Å². The molecule has 0 aliphatic carbocycles. The number of rotatable bonds is 1. The molecule has 0 bridgehead atoms. The summed E-state index contributed by atoms with van der Waals surface area (Å²) in [6.45, 7) is 2.95. The highest BCUT2D eigenvalue weighted by atomic mass is 35.5. The van der Waals surface area contributed by atoms with E-state index in [0.717, 1.165) is 11.3 Å². The van der Waals surface area contributed by atoms with Crippen LogP contribution in [-0.2, 0) is 4.79 Å². The number of fused-ring (bicyclic) bond motifs is 6. The van der Waals surface area contributed by atoms with Crippen LogP contribution in [0.15, 0.2) is 18.3 Å². The van der Waals surface area contributed by atoms with Gasteiger partial charge in [0, 0.05) is 48.8 Å². The number of nitrogens with zero attached hydrogens (tertiary/aromatic N) is 4. The Labute approximate surface area is 206 Å². The van der Waals surface area contributed by atoms with E-state index < -0.39 is 23.5 Å². The van der Waals surface area contributed by atoms with Crippen LogP contribution in [0.3, 0.4) is 0 Å². The Morgan fingerprint density at radius 2 is 1.97 bits per heavy atom. The highest BCUT2D eigenvalue weighted by molar-refractivity contribution is 7.22. The standard InChI is InChI=1S/C23H18ClF3N6OS/c1-8-7-33-14(6-29-8)22(34)32(2)13-5-30-18-9(20(13)33)3-10(24)15(17(18)27)16-11(25)4-12(26)21-19(16)31-23(28)35-21/h3-5,8,14,29H,6-7H2,1-2H3,(H2,28,31)/t8-,14-/m1/s1. The van der Waals surface area contributed by atoms with E-state index in [-0.39, 0.29) is 49.0 Å². The summed E-state index contributed by atoms with van der Waals surface area (Å²) in [7, 11) is 1.65. The number of hydrogen-bond donors (Lipinski definition) is 2. The molecule has 1 amide bonds. The number of likely N-dealkylation sites (N-methyl/N-ethyl adjacent to an activating group) is 1. The Kier molecular flexibility index (Phi) is 4.89. The third kappa shape index (κ3) is 3.11. The molecular weight excluding hydrogens is 501 g/mol. The van der Waals surface area contributed by atoms with Crippen molar-refractivity contribution in [1.29, 1.82) is 0 Å². The number of pyridine rings is 1. The number of carbonyl (C=O) groups is 1. The van der Waals surface area contributed by atoms with Crippen molar-refractivity contribution in [3.8, 4) is 11.1 Å². The van der Waals surface area contributed by atoms with Gasteiger partial charge in [-0.1, -0.05) is 22.9 Å². The lowest BCUT2D eigenvalue weighted by Crippen LogP contribution is -2.63. The Morgan fingerprint density at radius 1 is 1.20 bits per heavy atom. The van der Waals surface area contributed by atoms with Crippen molar-refractivity contribution < 1.29 is 18.0 Å². The molecule has 2 aromatic carbocycles. The molecule has 35 heavy (non-hydrogen) atoms. The predicted molar refractivity (Wildman–Crippen MR) is 132 cm³/mol. The maximum atomic E-state index is 16.1. The average Bonchev–Trinajstić information content (AvgIpc) is 3.20. The molecule has 1 saturated heterocycles. The number of hydrogen-bond acceptors (Lipinski definition) is 7. The number of anilines is 3. The van der Waals surface area contributed by atoms with Crippen LogP contribution in [0.2, 0.25) is 5.02 Å². The molecule has 0 saturated carbocycles. The van der Waals surface area contributed by atoms with Gasteiger partial charge in [0.15, 0.2) is 10.9 Å². The van der Waals surface area contributed by atoms with Gasteiger partial charge in [-0.05, 0) is 13.0 Å². The van der Waals surface area contributed by atoms with E-state index >= 15 is 8.78 Å². The number of aromatic nitrogens is 2. The molecule has 2 atom stereocenters. The number of halogens is 4.